The third-order valence-corrected chi connectivity index (χ3v) is 4.68. The predicted octanol–water partition coefficient (Wildman–Crippen LogP) is 5.07. The van der Waals surface area contributed by atoms with E-state index in [4.69, 9.17) is 9.47 Å². The van der Waals surface area contributed by atoms with Crippen LogP contribution in [0, 0.1) is 0 Å². The average molecular weight is 481 g/mol. The largest absolute Gasteiger partial charge is 0.495 e. The number of aliphatic hydroxyl groups excluding tert-OH is 1. The summed E-state index contributed by atoms with van der Waals surface area (Å²) in [4.78, 5) is 0. The molecule has 0 aromatic heterocycles. The van der Waals surface area contributed by atoms with Gasteiger partial charge < -0.3 is 14.6 Å². The minimum Gasteiger partial charge on any atom is -0.495 e. The summed E-state index contributed by atoms with van der Waals surface area (Å²) in [6, 6.07) is 9.23. The van der Waals surface area contributed by atoms with E-state index in [1.165, 1.54) is 0 Å². The Hall–Kier alpha value is -0.560. The van der Waals surface area contributed by atoms with Crippen LogP contribution in [0.25, 0.3) is 0 Å². The molecule has 112 valence electrons. The lowest BCUT2D eigenvalue weighted by atomic mass is 10.0. The van der Waals surface area contributed by atoms with E-state index in [-0.39, 0.29) is 0 Å². The Bertz CT molecular complexity index is 639. The second-order valence-corrected chi connectivity index (χ2v) is 6.93. The Balaban J connectivity index is 2.52. The van der Waals surface area contributed by atoms with E-state index in [9.17, 15) is 5.11 Å². The Kier molecular flexibility index (Phi) is 5.71. The van der Waals surface area contributed by atoms with Gasteiger partial charge in [0.1, 0.15) is 22.1 Å². The maximum Gasteiger partial charge on any atom is 0.142 e. The lowest BCUT2D eigenvalue weighted by molar-refractivity contribution is 0.214. The maximum atomic E-state index is 10.7. The van der Waals surface area contributed by atoms with Gasteiger partial charge in [0.2, 0.25) is 0 Å². The summed E-state index contributed by atoms with van der Waals surface area (Å²) in [5.74, 6) is 1.20. The van der Waals surface area contributed by atoms with Gasteiger partial charge in [-0.2, -0.15) is 0 Å². The molecule has 0 bridgehead atoms. The molecular weight excluding hydrogens is 468 g/mol. The van der Waals surface area contributed by atoms with Crippen LogP contribution in [0.1, 0.15) is 17.2 Å². The molecule has 0 fully saturated rings. The number of rotatable bonds is 4. The Morgan fingerprint density at radius 1 is 0.952 bits per heavy atom. The number of benzene rings is 2. The summed E-state index contributed by atoms with van der Waals surface area (Å²) < 4.78 is 13.1. The van der Waals surface area contributed by atoms with Gasteiger partial charge in [-0.1, -0.05) is 31.9 Å². The van der Waals surface area contributed by atoms with Crippen LogP contribution in [0.5, 0.6) is 11.5 Å². The van der Waals surface area contributed by atoms with Crippen molar-refractivity contribution in [1.82, 2.24) is 0 Å². The summed E-state index contributed by atoms with van der Waals surface area (Å²) >= 11 is 10.3. The van der Waals surface area contributed by atoms with E-state index in [1.807, 2.05) is 18.2 Å². The SMILES string of the molecule is COc1ccc(C(O)c2cc(Br)cc(Br)c2)c(OC)c1Br. The zero-order valence-electron chi connectivity index (χ0n) is 11.4. The fourth-order valence-electron chi connectivity index (χ4n) is 2.05. The molecule has 0 amide bonds. The van der Waals surface area contributed by atoms with Crippen molar-refractivity contribution in [1.29, 1.82) is 0 Å². The molecule has 0 aliphatic carbocycles. The highest BCUT2D eigenvalue weighted by molar-refractivity contribution is 9.11. The fraction of sp³-hybridized carbons (Fsp3) is 0.200. The third kappa shape index (κ3) is 3.62. The van der Waals surface area contributed by atoms with Crippen LogP contribution >= 0.6 is 47.8 Å². The lowest BCUT2D eigenvalue weighted by Gasteiger charge is -2.18. The van der Waals surface area contributed by atoms with Gasteiger partial charge in [-0.3, -0.25) is 0 Å². The second kappa shape index (κ2) is 7.13. The minimum absolute atomic E-state index is 0.554. The van der Waals surface area contributed by atoms with Gasteiger partial charge in [-0.15, -0.1) is 0 Å². The molecule has 1 atom stereocenters. The molecule has 0 radical (unpaired) electrons. The number of halogens is 3. The van der Waals surface area contributed by atoms with Crippen LogP contribution in [0.15, 0.2) is 43.7 Å². The molecule has 21 heavy (non-hydrogen) atoms. The van der Waals surface area contributed by atoms with Crippen molar-refractivity contribution in [2.24, 2.45) is 0 Å². The van der Waals surface area contributed by atoms with E-state index in [0.717, 1.165) is 14.5 Å². The molecule has 0 saturated heterocycles. The van der Waals surface area contributed by atoms with Gasteiger partial charge in [-0.25, -0.2) is 0 Å². The van der Waals surface area contributed by atoms with Gasteiger partial charge in [-0.05, 0) is 51.8 Å². The highest BCUT2D eigenvalue weighted by Crippen LogP contribution is 2.41. The quantitative estimate of drug-likeness (QED) is 0.663. The monoisotopic (exact) mass is 478 g/mol. The van der Waals surface area contributed by atoms with E-state index < -0.39 is 6.10 Å². The second-order valence-electron chi connectivity index (χ2n) is 4.31. The molecule has 1 N–H and O–H groups in total. The van der Waals surface area contributed by atoms with Crippen molar-refractivity contribution in [3.05, 3.63) is 54.9 Å². The first kappa shape index (κ1) is 16.8. The van der Waals surface area contributed by atoms with Crippen LogP contribution in [0.4, 0.5) is 0 Å². The number of hydrogen-bond donors (Lipinski definition) is 1. The molecule has 0 heterocycles. The Morgan fingerprint density at radius 2 is 1.57 bits per heavy atom. The van der Waals surface area contributed by atoms with Crippen molar-refractivity contribution in [3.8, 4) is 11.5 Å². The van der Waals surface area contributed by atoms with Crippen LogP contribution in [-0.4, -0.2) is 19.3 Å². The molecular formula is C15H13Br3O3. The fourth-order valence-corrected chi connectivity index (χ4v) is 4.06. The van der Waals surface area contributed by atoms with Gasteiger partial charge in [0.25, 0.3) is 0 Å². The van der Waals surface area contributed by atoms with Crippen LogP contribution in [0.3, 0.4) is 0 Å². The van der Waals surface area contributed by atoms with Crippen LogP contribution in [0.2, 0.25) is 0 Å². The lowest BCUT2D eigenvalue weighted by Crippen LogP contribution is -2.04. The third-order valence-electron chi connectivity index (χ3n) is 3.01. The van der Waals surface area contributed by atoms with Crippen molar-refractivity contribution >= 4 is 47.8 Å². The molecule has 0 saturated carbocycles. The number of methoxy groups -OCH3 is 2. The Labute approximate surface area is 148 Å². The van der Waals surface area contributed by atoms with Crippen LogP contribution in [-0.2, 0) is 0 Å². The van der Waals surface area contributed by atoms with Gasteiger partial charge in [0.15, 0.2) is 0 Å². The van der Waals surface area contributed by atoms with Gasteiger partial charge in [0, 0.05) is 14.5 Å². The molecule has 2 aromatic rings. The van der Waals surface area contributed by atoms with E-state index >= 15 is 0 Å². The normalized spacial score (nSPS) is 12.1. The molecule has 2 aromatic carbocycles. The van der Waals surface area contributed by atoms with E-state index in [2.05, 4.69) is 47.8 Å². The van der Waals surface area contributed by atoms with Crippen molar-refractivity contribution < 1.29 is 14.6 Å². The predicted molar refractivity (Wildman–Crippen MR) is 93.1 cm³/mol. The molecule has 0 spiro atoms. The first-order valence-electron chi connectivity index (χ1n) is 6.02. The van der Waals surface area contributed by atoms with Crippen molar-refractivity contribution in [2.45, 2.75) is 6.10 Å². The molecule has 1 unspecified atom stereocenters. The van der Waals surface area contributed by atoms with Crippen molar-refractivity contribution in [2.75, 3.05) is 14.2 Å². The highest BCUT2D eigenvalue weighted by atomic mass is 79.9. The first-order chi connectivity index (χ1) is 9.97. The molecule has 3 nitrogen and oxygen atoms in total. The maximum absolute atomic E-state index is 10.7. The summed E-state index contributed by atoms with van der Waals surface area (Å²) in [7, 11) is 3.15. The summed E-state index contributed by atoms with van der Waals surface area (Å²) in [5, 5.41) is 10.7. The van der Waals surface area contributed by atoms with Gasteiger partial charge >= 0.3 is 0 Å². The molecule has 2 rings (SSSR count). The first-order valence-corrected chi connectivity index (χ1v) is 8.40. The zero-order valence-corrected chi connectivity index (χ0v) is 16.1. The highest BCUT2D eigenvalue weighted by Gasteiger charge is 2.20. The number of hydrogen-bond acceptors (Lipinski definition) is 3. The summed E-state index contributed by atoms with van der Waals surface area (Å²) in [5.41, 5.74) is 1.42. The smallest absolute Gasteiger partial charge is 0.142 e. The zero-order chi connectivity index (χ0) is 15.6. The van der Waals surface area contributed by atoms with Crippen molar-refractivity contribution in [3.63, 3.8) is 0 Å². The topological polar surface area (TPSA) is 38.7 Å². The number of ether oxygens (including phenoxy) is 2. The van der Waals surface area contributed by atoms with E-state index in [0.29, 0.717) is 21.5 Å². The Morgan fingerprint density at radius 3 is 2.10 bits per heavy atom. The van der Waals surface area contributed by atoms with E-state index in [1.54, 1.807) is 26.4 Å². The molecule has 0 aliphatic heterocycles. The standard InChI is InChI=1S/C15H13Br3O3/c1-20-12-4-3-11(15(21-2)13(12)18)14(19)8-5-9(16)7-10(17)6-8/h3-7,14,19H,1-2H3. The number of aliphatic hydroxyl groups is 1. The molecule has 6 heteroatoms. The van der Waals surface area contributed by atoms with Gasteiger partial charge in [0.05, 0.1) is 14.2 Å². The summed E-state index contributed by atoms with van der Waals surface area (Å²) in [6.45, 7) is 0. The summed E-state index contributed by atoms with van der Waals surface area (Å²) in [6.07, 6.45) is -0.809. The average Bonchev–Trinajstić information content (AvgIpc) is 2.45. The minimum atomic E-state index is -0.809. The van der Waals surface area contributed by atoms with Crippen LogP contribution < -0.4 is 9.47 Å². The molecule has 0 aliphatic rings.